The smallest absolute Gasteiger partial charge is 0.311 e. The summed E-state index contributed by atoms with van der Waals surface area (Å²) in [6.07, 6.45) is 5.56. The molecule has 0 aromatic heterocycles. The standard InChI is InChI=1S/C33H53NO13/c1-7-12-33(4,31(36)45-20-21-47-40-6)14-10-13-32(2,3)30(35)44-19-17-41-16-18-42-28-23-26(34(37)38)25(22-27(28)39-5)24-46-29-11-8-9-15-43-29/h22-23,29H,7-21,24H2,1-6H3. The summed E-state index contributed by atoms with van der Waals surface area (Å²) in [5.41, 5.74) is -1.20. The minimum atomic E-state index is -0.752. The van der Waals surface area contributed by atoms with Crippen molar-refractivity contribution in [2.24, 2.45) is 10.8 Å². The van der Waals surface area contributed by atoms with Crippen LogP contribution in [0.4, 0.5) is 5.69 Å². The SMILES string of the molecule is CCCC(C)(CCCC(C)(C)C(=O)OCCOCCOc1cc([N+](=O)[O-])c(COC2CCCCO2)cc1OC)C(=O)OCCOOC. The van der Waals surface area contributed by atoms with E-state index in [0.29, 0.717) is 43.6 Å². The molecule has 0 bridgehead atoms. The maximum absolute atomic E-state index is 12.8. The van der Waals surface area contributed by atoms with Crippen LogP contribution in [0.2, 0.25) is 0 Å². The predicted molar refractivity (Wildman–Crippen MR) is 170 cm³/mol. The van der Waals surface area contributed by atoms with Crippen molar-refractivity contribution in [1.29, 1.82) is 0 Å². The highest BCUT2D eigenvalue weighted by molar-refractivity contribution is 5.77. The number of benzene rings is 1. The quantitative estimate of drug-likeness (QED) is 0.0433. The Morgan fingerprint density at radius 2 is 1.66 bits per heavy atom. The number of methoxy groups -OCH3 is 1. The molecule has 0 N–H and O–H groups in total. The van der Waals surface area contributed by atoms with E-state index in [4.69, 9.17) is 38.0 Å². The molecule has 1 aliphatic heterocycles. The second-order valence-corrected chi connectivity index (χ2v) is 12.3. The number of hydrogen-bond donors (Lipinski definition) is 0. The van der Waals surface area contributed by atoms with Gasteiger partial charge in [-0.1, -0.05) is 19.8 Å². The van der Waals surface area contributed by atoms with Crippen molar-refractivity contribution >= 4 is 17.6 Å². The lowest BCUT2D eigenvalue weighted by Crippen LogP contribution is -2.32. The topological polar surface area (TPSA) is 160 Å². The minimum absolute atomic E-state index is 0.00894. The van der Waals surface area contributed by atoms with Gasteiger partial charge in [-0.3, -0.25) is 19.7 Å². The summed E-state index contributed by atoms with van der Waals surface area (Å²) in [6.45, 7) is 8.87. The molecule has 2 atom stereocenters. The number of nitro groups is 1. The van der Waals surface area contributed by atoms with Crippen LogP contribution in [0.15, 0.2) is 12.1 Å². The van der Waals surface area contributed by atoms with Gasteiger partial charge in [0.05, 0.1) is 61.4 Å². The van der Waals surface area contributed by atoms with Crippen LogP contribution in [0.3, 0.4) is 0 Å². The van der Waals surface area contributed by atoms with Gasteiger partial charge in [-0.05, 0) is 65.4 Å². The van der Waals surface area contributed by atoms with Crippen molar-refractivity contribution in [3.63, 3.8) is 0 Å². The lowest BCUT2D eigenvalue weighted by molar-refractivity contribution is -0.386. The largest absolute Gasteiger partial charge is 0.493 e. The van der Waals surface area contributed by atoms with Crippen LogP contribution < -0.4 is 9.47 Å². The summed E-state index contributed by atoms with van der Waals surface area (Å²) in [5, 5.41) is 11.7. The van der Waals surface area contributed by atoms with Crippen molar-refractivity contribution in [2.75, 3.05) is 60.5 Å². The summed E-state index contributed by atoms with van der Waals surface area (Å²) in [5.74, 6) is -0.107. The second-order valence-electron chi connectivity index (χ2n) is 12.3. The highest BCUT2D eigenvalue weighted by Gasteiger charge is 2.36. The number of hydrogen-bond acceptors (Lipinski definition) is 13. The Morgan fingerprint density at radius 1 is 0.936 bits per heavy atom. The number of nitrogens with zero attached hydrogens (tertiary/aromatic N) is 1. The first-order valence-corrected chi connectivity index (χ1v) is 16.3. The van der Waals surface area contributed by atoms with Gasteiger partial charge in [0, 0.05) is 6.61 Å². The van der Waals surface area contributed by atoms with E-state index in [-0.39, 0.29) is 75.9 Å². The van der Waals surface area contributed by atoms with E-state index in [0.717, 1.165) is 25.7 Å². The van der Waals surface area contributed by atoms with Gasteiger partial charge < -0.3 is 33.2 Å². The molecule has 1 saturated heterocycles. The van der Waals surface area contributed by atoms with Crippen LogP contribution in [0.1, 0.15) is 84.6 Å². The van der Waals surface area contributed by atoms with Gasteiger partial charge in [0.15, 0.2) is 17.8 Å². The summed E-state index contributed by atoms with van der Waals surface area (Å²) < 4.78 is 38.8. The number of rotatable bonds is 24. The molecule has 1 aliphatic rings. The molecule has 47 heavy (non-hydrogen) atoms. The molecule has 0 aliphatic carbocycles. The van der Waals surface area contributed by atoms with E-state index in [1.807, 2.05) is 27.7 Å². The Hall–Kier alpha value is -3.04. The molecular formula is C33H53NO13. The molecule has 0 amide bonds. The summed E-state index contributed by atoms with van der Waals surface area (Å²) in [7, 11) is 2.84. The Labute approximate surface area is 277 Å². The Kier molecular flexibility index (Phi) is 18.0. The molecule has 2 unspecified atom stereocenters. The summed E-state index contributed by atoms with van der Waals surface area (Å²) >= 11 is 0. The van der Waals surface area contributed by atoms with Gasteiger partial charge in [-0.25, -0.2) is 9.78 Å². The first-order valence-electron chi connectivity index (χ1n) is 16.3. The van der Waals surface area contributed by atoms with Gasteiger partial charge in [-0.2, -0.15) is 0 Å². The maximum Gasteiger partial charge on any atom is 0.311 e. The Bertz CT molecular complexity index is 1110. The van der Waals surface area contributed by atoms with E-state index in [1.165, 1.54) is 26.4 Å². The molecule has 14 heteroatoms. The number of ether oxygens (including phenoxy) is 7. The highest BCUT2D eigenvalue weighted by Crippen LogP contribution is 2.36. The molecule has 0 saturated carbocycles. The van der Waals surface area contributed by atoms with E-state index in [2.05, 4.69) is 4.89 Å². The van der Waals surface area contributed by atoms with Gasteiger partial charge in [-0.15, -0.1) is 0 Å². The maximum atomic E-state index is 12.8. The van der Waals surface area contributed by atoms with E-state index in [9.17, 15) is 19.7 Å². The van der Waals surface area contributed by atoms with Crippen molar-refractivity contribution in [1.82, 2.24) is 0 Å². The minimum Gasteiger partial charge on any atom is -0.493 e. The van der Waals surface area contributed by atoms with Crippen molar-refractivity contribution < 1.29 is 57.4 Å². The average Bonchev–Trinajstić information content (AvgIpc) is 3.05. The van der Waals surface area contributed by atoms with Gasteiger partial charge in [0.25, 0.3) is 5.69 Å². The molecule has 2 rings (SSSR count). The number of nitro benzene ring substituents is 1. The van der Waals surface area contributed by atoms with E-state index >= 15 is 0 Å². The molecule has 1 heterocycles. The zero-order chi connectivity index (χ0) is 34.7. The molecule has 14 nitrogen and oxygen atoms in total. The lowest BCUT2D eigenvalue weighted by Gasteiger charge is -2.29. The van der Waals surface area contributed by atoms with Gasteiger partial charge >= 0.3 is 11.9 Å². The molecule has 0 radical (unpaired) electrons. The molecule has 1 aromatic rings. The van der Waals surface area contributed by atoms with Crippen LogP contribution in [-0.4, -0.2) is 83.6 Å². The fraction of sp³-hybridized carbons (Fsp3) is 0.758. The van der Waals surface area contributed by atoms with Crippen LogP contribution in [0.25, 0.3) is 0 Å². The van der Waals surface area contributed by atoms with Crippen molar-refractivity contribution in [3.8, 4) is 11.5 Å². The summed E-state index contributed by atoms with van der Waals surface area (Å²) in [4.78, 5) is 46.0. The van der Waals surface area contributed by atoms with Gasteiger partial charge in [0.1, 0.15) is 26.4 Å². The number of esters is 2. The lowest BCUT2D eigenvalue weighted by atomic mass is 9.78. The van der Waals surface area contributed by atoms with Crippen LogP contribution in [0, 0.1) is 20.9 Å². The van der Waals surface area contributed by atoms with Crippen LogP contribution >= 0.6 is 0 Å². The average molecular weight is 672 g/mol. The highest BCUT2D eigenvalue weighted by atomic mass is 17.2. The van der Waals surface area contributed by atoms with E-state index < -0.39 is 15.8 Å². The summed E-state index contributed by atoms with van der Waals surface area (Å²) in [6, 6.07) is 2.85. The normalized spacial score (nSPS) is 16.3. The first-order chi connectivity index (χ1) is 22.5. The van der Waals surface area contributed by atoms with Gasteiger partial charge in [0.2, 0.25) is 0 Å². The third-order valence-electron chi connectivity index (χ3n) is 7.97. The Morgan fingerprint density at radius 3 is 2.32 bits per heavy atom. The molecule has 0 spiro atoms. The second kappa shape index (κ2) is 21.0. The molecule has 268 valence electrons. The zero-order valence-corrected chi connectivity index (χ0v) is 28.8. The molecular weight excluding hydrogens is 618 g/mol. The van der Waals surface area contributed by atoms with Crippen LogP contribution in [-0.2, 0) is 49.7 Å². The number of carbonyl (C=O) groups excluding carboxylic acids is 2. The third-order valence-corrected chi connectivity index (χ3v) is 7.97. The number of carbonyl (C=O) groups is 2. The predicted octanol–water partition coefficient (Wildman–Crippen LogP) is 5.71. The fourth-order valence-corrected chi connectivity index (χ4v) is 5.21. The zero-order valence-electron chi connectivity index (χ0n) is 28.8. The fourth-order valence-electron chi connectivity index (χ4n) is 5.21. The van der Waals surface area contributed by atoms with Crippen LogP contribution in [0.5, 0.6) is 11.5 Å². The first kappa shape index (κ1) is 40.1. The molecule has 1 aromatic carbocycles. The van der Waals surface area contributed by atoms with Crippen molar-refractivity contribution in [2.45, 2.75) is 92.0 Å². The monoisotopic (exact) mass is 671 g/mol. The van der Waals surface area contributed by atoms with Crippen molar-refractivity contribution in [3.05, 3.63) is 27.8 Å². The molecule has 1 fully saturated rings. The van der Waals surface area contributed by atoms with E-state index in [1.54, 1.807) is 0 Å². The Balaban J connectivity index is 1.74. The third kappa shape index (κ3) is 13.9.